The molecule has 2 rings (SSSR count). The summed E-state index contributed by atoms with van der Waals surface area (Å²) in [4.78, 5) is 12.3. The van der Waals surface area contributed by atoms with Gasteiger partial charge < -0.3 is 9.12 Å². The van der Waals surface area contributed by atoms with Gasteiger partial charge in [-0.1, -0.05) is 17.7 Å². The average Bonchev–Trinajstić information content (AvgIpc) is 2.22. The molecule has 2 aromatic rings. The maximum Gasteiger partial charge on any atom is 0.245 e. The van der Waals surface area contributed by atoms with Crippen LogP contribution in [-0.4, -0.2) is 15.4 Å². The molecule has 1 heterocycles. The van der Waals surface area contributed by atoms with Crippen molar-refractivity contribution in [2.45, 2.75) is 4.90 Å². The van der Waals surface area contributed by atoms with E-state index in [-0.39, 0.29) is 10.3 Å². The Morgan fingerprint density at radius 3 is 2.75 bits per heavy atom. The molecular formula is C11H10ClNO2S. The Morgan fingerprint density at radius 1 is 1.44 bits per heavy atom. The summed E-state index contributed by atoms with van der Waals surface area (Å²) in [5, 5.41) is 0.824. The molecular weight excluding hydrogens is 246 g/mol. The minimum absolute atomic E-state index is 0.250. The largest absolute Gasteiger partial charge is 0.612 e. The lowest BCUT2D eigenvalue weighted by Crippen LogP contribution is -2.17. The number of hydrogen-bond acceptors (Lipinski definition) is 2. The highest BCUT2D eigenvalue weighted by Crippen LogP contribution is 2.21. The van der Waals surface area contributed by atoms with Crippen LogP contribution in [-0.2, 0) is 18.2 Å². The maximum atomic E-state index is 12.1. The van der Waals surface area contributed by atoms with Gasteiger partial charge in [0, 0.05) is 7.05 Å². The first-order chi connectivity index (χ1) is 7.52. The fraction of sp³-hybridized carbons (Fsp3) is 0.182. The maximum absolute atomic E-state index is 12.1. The molecule has 1 atom stereocenters. The zero-order valence-corrected chi connectivity index (χ0v) is 10.4. The van der Waals surface area contributed by atoms with E-state index in [1.165, 1.54) is 6.26 Å². The number of benzene rings is 1. The van der Waals surface area contributed by atoms with E-state index < -0.39 is 11.2 Å². The van der Waals surface area contributed by atoms with Crippen LogP contribution in [0.15, 0.2) is 34.1 Å². The van der Waals surface area contributed by atoms with Crippen molar-refractivity contribution in [3.63, 3.8) is 0 Å². The van der Waals surface area contributed by atoms with Crippen molar-refractivity contribution in [2.24, 2.45) is 7.05 Å². The zero-order chi connectivity index (χ0) is 11.9. The van der Waals surface area contributed by atoms with Crippen molar-refractivity contribution in [2.75, 3.05) is 6.26 Å². The molecule has 0 aliphatic rings. The molecule has 0 saturated carbocycles. The first-order valence-corrected chi connectivity index (χ1v) is 6.57. The Hall–Kier alpha value is -0.970. The van der Waals surface area contributed by atoms with Crippen molar-refractivity contribution >= 4 is 33.7 Å². The van der Waals surface area contributed by atoms with Gasteiger partial charge >= 0.3 is 0 Å². The summed E-state index contributed by atoms with van der Waals surface area (Å²) in [6.45, 7) is 0. The molecule has 0 fully saturated rings. The topological polar surface area (TPSA) is 45.1 Å². The van der Waals surface area contributed by atoms with Crippen LogP contribution in [0, 0.1) is 0 Å². The molecule has 5 heteroatoms. The highest BCUT2D eigenvalue weighted by molar-refractivity contribution is 7.90. The molecule has 0 radical (unpaired) electrons. The van der Waals surface area contributed by atoms with E-state index in [9.17, 15) is 9.35 Å². The predicted molar refractivity (Wildman–Crippen MR) is 66.5 cm³/mol. The van der Waals surface area contributed by atoms with Crippen LogP contribution in [0.2, 0.25) is 5.02 Å². The molecule has 84 valence electrons. The summed E-state index contributed by atoms with van der Waals surface area (Å²) in [6.07, 6.45) is 3.08. The molecule has 3 nitrogen and oxygen atoms in total. The summed E-state index contributed by atoms with van der Waals surface area (Å²) in [5.74, 6) is 0. The molecule has 0 aliphatic carbocycles. The number of halogens is 1. The smallest absolute Gasteiger partial charge is 0.245 e. The predicted octanol–water partition coefficient (Wildman–Crippen LogP) is 1.93. The Kier molecular flexibility index (Phi) is 2.97. The Balaban J connectivity index is 2.98. The third-order valence-electron chi connectivity index (χ3n) is 2.44. The Morgan fingerprint density at radius 2 is 2.12 bits per heavy atom. The van der Waals surface area contributed by atoms with Crippen molar-refractivity contribution in [3.05, 3.63) is 39.6 Å². The third-order valence-corrected chi connectivity index (χ3v) is 3.67. The van der Waals surface area contributed by atoms with Crippen LogP contribution in [0.1, 0.15) is 0 Å². The molecule has 1 aromatic heterocycles. The summed E-state index contributed by atoms with van der Waals surface area (Å²) in [5.41, 5.74) is 0.492. The molecule has 1 aromatic carbocycles. The molecule has 1 unspecified atom stereocenters. The number of fused-ring (bicyclic) bond motifs is 1. The zero-order valence-electron chi connectivity index (χ0n) is 8.86. The first kappa shape index (κ1) is 11.5. The van der Waals surface area contributed by atoms with Crippen LogP contribution in [0.5, 0.6) is 0 Å². The number of hydrogen-bond donors (Lipinski definition) is 0. The summed E-state index contributed by atoms with van der Waals surface area (Å²) < 4.78 is 13.2. The van der Waals surface area contributed by atoms with Gasteiger partial charge in [-0.2, -0.15) is 0 Å². The van der Waals surface area contributed by atoms with Gasteiger partial charge in [0.1, 0.15) is 6.26 Å². The quantitative estimate of drug-likeness (QED) is 0.731. The minimum Gasteiger partial charge on any atom is -0.612 e. The van der Waals surface area contributed by atoms with Gasteiger partial charge in [0.05, 0.1) is 22.1 Å². The van der Waals surface area contributed by atoms with Crippen LogP contribution >= 0.6 is 11.6 Å². The van der Waals surface area contributed by atoms with Crippen LogP contribution in [0.25, 0.3) is 10.9 Å². The molecule has 0 spiro atoms. The average molecular weight is 256 g/mol. The van der Waals surface area contributed by atoms with E-state index in [1.54, 1.807) is 29.9 Å². The lowest BCUT2D eigenvalue weighted by atomic mass is 10.2. The lowest BCUT2D eigenvalue weighted by molar-refractivity contribution is 0.599. The van der Waals surface area contributed by atoms with E-state index in [0.717, 1.165) is 5.52 Å². The van der Waals surface area contributed by atoms with E-state index in [0.29, 0.717) is 10.4 Å². The fourth-order valence-electron chi connectivity index (χ4n) is 1.66. The highest BCUT2D eigenvalue weighted by Gasteiger charge is 2.16. The van der Waals surface area contributed by atoms with Gasteiger partial charge in [0.25, 0.3) is 0 Å². The van der Waals surface area contributed by atoms with Crippen LogP contribution < -0.4 is 5.43 Å². The summed E-state index contributed by atoms with van der Waals surface area (Å²) in [7, 11) is 1.80. The fourth-order valence-corrected chi connectivity index (χ4v) is 2.59. The minimum atomic E-state index is -1.31. The van der Waals surface area contributed by atoms with Gasteiger partial charge in [0.15, 0.2) is 0 Å². The van der Waals surface area contributed by atoms with Crippen molar-refractivity contribution in [1.82, 2.24) is 4.57 Å². The number of aromatic nitrogens is 1. The van der Waals surface area contributed by atoms with Crippen molar-refractivity contribution in [3.8, 4) is 0 Å². The number of pyridine rings is 1. The van der Waals surface area contributed by atoms with Gasteiger partial charge in [-0.05, 0) is 23.3 Å². The standard InChI is InChI=1S/C11H10ClNO2S/c1-13-6-9(16(2)15)11(14)10-7(12)4-3-5-8(10)13/h3-6H,1-2H3. The third kappa shape index (κ3) is 1.73. The second kappa shape index (κ2) is 4.13. The summed E-state index contributed by atoms with van der Waals surface area (Å²) in [6, 6.07) is 5.26. The van der Waals surface area contributed by atoms with Gasteiger partial charge in [-0.15, -0.1) is 0 Å². The van der Waals surface area contributed by atoms with Crippen molar-refractivity contribution < 1.29 is 4.55 Å². The van der Waals surface area contributed by atoms with Gasteiger partial charge in [0.2, 0.25) is 10.3 Å². The highest BCUT2D eigenvalue weighted by atomic mass is 35.5. The number of nitrogens with zero attached hydrogens (tertiary/aromatic N) is 1. The van der Waals surface area contributed by atoms with E-state index in [1.807, 2.05) is 6.07 Å². The molecule has 0 amide bonds. The van der Waals surface area contributed by atoms with Gasteiger partial charge in [-0.3, -0.25) is 4.79 Å². The molecule has 0 aliphatic heterocycles. The molecule has 0 bridgehead atoms. The SMILES string of the molecule is Cn1cc([S+](C)[O-])c(=O)c2c(Cl)cccc21. The second-order valence-electron chi connectivity index (χ2n) is 3.52. The van der Waals surface area contributed by atoms with E-state index >= 15 is 0 Å². The van der Waals surface area contributed by atoms with Crippen LogP contribution in [0.3, 0.4) is 0 Å². The Labute approximate surface area is 101 Å². The normalized spacial score (nSPS) is 13.0. The van der Waals surface area contributed by atoms with Crippen LogP contribution in [0.4, 0.5) is 0 Å². The van der Waals surface area contributed by atoms with E-state index in [4.69, 9.17) is 11.6 Å². The molecule has 0 N–H and O–H groups in total. The lowest BCUT2D eigenvalue weighted by Gasteiger charge is -2.10. The number of aryl methyl sites for hydroxylation is 1. The van der Waals surface area contributed by atoms with E-state index in [2.05, 4.69) is 0 Å². The summed E-state index contributed by atoms with van der Waals surface area (Å²) >= 11 is 4.69. The first-order valence-electron chi connectivity index (χ1n) is 4.63. The van der Waals surface area contributed by atoms with Crippen molar-refractivity contribution in [1.29, 1.82) is 0 Å². The Bertz CT molecular complexity index is 607. The monoisotopic (exact) mass is 255 g/mol. The second-order valence-corrected chi connectivity index (χ2v) is 5.28. The van der Waals surface area contributed by atoms with Gasteiger partial charge in [-0.25, -0.2) is 0 Å². The molecule has 0 saturated heterocycles. The molecule has 16 heavy (non-hydrogen) atoms. The number of rotatable bonds is 1.